The number of ether oxygens (including phenoxy) is 1. The molecule has 0 aliphatic rings. The van der Waals surface area contributed by atoms with E-state index in [1.807, 2.05) is 61.5 Å². The minimum atomic E-state index is -0.730. The lowest BCUT2D eigenvalue weighted by atomic mass is 10.1. The smallest absolute Gasteiger partial charge is 0.293 e. The minimum absolute atomic E-state index is 0.215. The van der Waals surface area contributed by atoms with Crippen molar-refractivity contribution in [1.82, 2.24) is 15.3 Å². The molecule has 3 rings (SSSR count). The van der Waals surface area contributed by atoms with Crippen molar-refractivity contribution in [3.63, 3.8) is 0 Å². The van der Waals surface area contributed by atoms with Gasteiger partial charge in [0.2, 0.25) is 5.75 Å². The van der Waals surface area contributed by atoms with Gasteiger partial charge >= 0.3 is 0 Å². The fourth-order valence-electron chi connectivity index (χ4n) is 2.88. The summed E-state index contributed by atoms with van der Waals surface area (Å²) in [5.41, 5.74) is 0.908. The van der Waals surface area contributed by atoms with Gasteiger partial charge in [0.1, 0.15) is 11.6 Å². The number of H-pyrrole nitrogens is 1. The van der Waals surface area contributed by atoms with Crippen molar-refractivity contribution >= 4 is 5.91 Å². The zero-order chi connectivity index (χ0) is 20.6. The Morgan fingerprint density at radius 3 is 2.62 bits per heavy atom. The molecule has 0 radical (unpaired) electrons. The molecule has 0 fully saturated rings. The summed E-state index contributed by atoms with van der Waals surface area (Å²) >= 11 is 0. The van der Waals surface area contributed by atoms with Crippen molar-refractivity contribution in [3.05, 3.63) is 87.6 Å². The van der Waals surface area contributed by atoms with Crippen molar-refractivity contribution in [2.24, 2.45) is 0 Å². The highest BCUT2D eigenvalue weighted by Crippen LogP contribution is 2.14. The van der Waals surface area contributed by atoms with E-state index in [0.29, 0.717) is 31.0 Å². The van der Waals surface area contributed by atoms with E-state index in [1.54, 1.807) is 0 Å². The average Bonchev–Trinajstić information content (AvgIpc) is 2.74. The molecule has 1 aromatic heterocycles. The van der Waals surface area contributed by atoms with Crippen LogP contribution in [-0.2, 0) is 19.4 Å². The Balaban J connectivity index is 1.70. The molecule has 0 aliphatic carbocycles. The number of hydrogen-bond donors (Lipinski definition) is 3. The molecule has 7 nitrogen and oxygen atoms in total. The molecular formula is C22H23N3O4. The van der Waals surface area contributed by atoms with Gasteiger partial charge in [-0.05, 0) is 36.6 Å². The highest BCUT2D eigenvalue weighted by molar-refractivity contribution is 5.94. The maximum atomic E-state index is 12.5. The van der Waals surface area contributed by atoms with Crippen LogP contribution < -0.4 is 15.6 Å². The maximum absolute atomic E-state index is 12.5. The summed E-state index contributed by atoms with van der Waals surface area (Å²) < 4.78 is 5.44. The Morgan fingerprint density at radius 1 is 1.10 bits per heavy atom. The second-order valence-corrected chi connectivity index (χ2v) is 6.46. The standard InChI is InChI=1S/C22H23N3O4/c1-2-29-17-10-6-9-16(13-17)14-23-21(27)19-20(26)22(28)25-18(24-19)12-11-15-7-4-3-5-8-15/h3-10,13,26H,2,11-12,14H2,1H3,(H,23,27)(H,24,25,28). The van der Waals surface area contributed by atoms with Crippen LogP contribution >= 0.6 is 0 Å². The van der Waals surface area contributed by atoms with E-state index in [4.69, 9.17) is 4.74 Å². The molecule has 0 bridgehead atoms. The fraction of sp³-hybridized carbons (Fsp3) is 0.227. The molecule has 3 aromatic rings. The Kier molecular flexibility index (Phi) is 6.63. The van der Waals surface area contributed by atoms with Crippen LogP contribution in [0.2, 0.25) is 0 Å². The summed E-state index contributed by atoms with van der Waals surface area (Å²) in [6, 6.07) is 17.1. The topological polar surface area (TPSA) is 104 Å². The third kappa shape index (κ3) is 5.44. The largest absolute Gasteiger partial charge is 0.501 e. The van der Waals surface area contributed by atoms with Crippen LogP contribution in [0.3, 0.4) is 0 Å². The Hall–Kier alpha value is -3.61. The van der Waals surface area contributed by atoms with Gasteiger partial charge < -0.3 is 20.1 Å². The first-order valence-corrected chi connectivity index (χ1v) is 9.43. The lowest BCUT2D eigenvalue weighted by Gasteiger charge is -2.09. The number of hydrogen-bond acceptors (Lipinski definition) is 5. The molecule has 0 atom stereocenters. The van der Waals surface area contributed by atoms with Gasteiger partial charge in [0.05, 0.1) is 6.61 Å². The normalized spacial score (nSPS) is 10.5. The number of aromatic nitrogens is 2. The molecule has 29 heavy (non-hydrogen) atoms. The van der Waals surface area contributed by atoms with Gasteiger partial charge in [-0.2, -0.15) is 0 Å². The number of aromatic amines is 1. The second-order valence-electron chi connectivity index (χ2n) is 6.46. The molecular weight excluding hydrogens is 370 g/mol. The highest BCUT2D eigenvalue weighted by atomic mass is 16.5. The number of carbonyl (C=O) groups is 1. The number of amides is 1. The average molecular weight is 393 g/mol. The number of aryl methyl sites for hydroxylation is 2. The van der Waals surface area contributed by atoms with Crippen LogP contribution in [0.4, 0.5) is 0 Å². The number of aromatic hydroxyl groups is 1. The van der Waals surface area contributed by atoms with Crippen LogP contribution in [0.1, 0.15) is 34.4 Å². The quantitative estimate of drug-likeness (QED) is 0.546. The number of nitrogens with one attached hydrogen (secondary N) is 2. The monoisotopic (exact) mass is 393 g/mol. The van der Waals surface area contributed by atoms with E-state index in [1.165, 1.54) is 0 Å². The molecule has 0 unspecified atom stereocenters. The van der Waals surface area contributed by atoms with Gasteiger partial charge in [-0.15, -0.1) is 0 Å². The van der Waals surface area contributed by atoms with Gasteiger partial charge in [-0.25, -0.2) is 4.98 Å². The molecule has 0 spiro atoms. The van der Waals surface area contributed by atoms with Crippen molar-refractivity contribution < 1.29 is 14.6 Å². The van der Waals surface area contributed by atoms with E-state index < -0.39 is 17.2 Å². The third-order valence-electron chi connectivity index (χ3n) is 4.31. The lowest BCUT2D eigenvalue weighted by molar-refractivity contribution is 0.0942. The highest BCUT2D eigenvalue weighted by Gasteiger charge is 2.17. The summed E-state index contributed by atoms with van der Waals surface area (Å²) in [6.45, 7) is 2.66. The van der Waals surface area contributed by atoms with Crippen molar-refractivity contribution in [2.75, 3.05) is 6.61 Å². The molecule has 150 valence electrons. The van der Waals surface area contributed by atoms with E-state index >= 15 is 0 Å². The third-order valence-corrected chi connectivity index (χ3v) is 4.31. The summed E-state index contributed by atoms with van der Waals surface area (Å²) in [4.78, 5) is 31.2. The van der Waals surface area contributed by atoms with Crippen LogP contribution in [0.15, 0.2) is 59.4 Å². The Labute approximate surface area is 168 Å². The zero-order valence-corrected chi connectivity index (χ0v) is 16.1. The predicted molar refractivity (Wildman–Crippen MR) is 109 cm³/mol. The van der Waals surface area contributed by atoms with E-state index in [9.17, 15) is 14.7 Å². The molecule has 2 aromatic carbocycles. The maximum Gasteiger partial charge on any atom is 0.293 e. The van der Waals surface area contributed by atoms with E-state index in [2.05, 4.69) is 15.3 Å². The van der Waals surface area contributed by atoms with Gasteiger partial charge in [0.15, 0.2) is 5.69 Å². The molecule has 3 N–H and O–H groups in total. The van der Waals surface area contributed by atoms with Crippen LogP contribution in [0.25, 0.3) is 0 Å². The first-order valence-electron chi connectivity index (χ1n) is 9.43. The SMILES string of the molecule is CCOc1cccc(CNC(=O)c2nc(CCc3ccccc3)[nH]c(=O)c2O)c1. The van der Waals surface area contributed by atoms with Crippen LogP contribution in [0, 0.1) is 0 Å². The molecule has 0 saturated carbocycles. The van der Waals surface area contributed by atoms with Gasteiger partial charge in [0.25, 0.3) is 11.5 Å². The van der Waals surface area contributed by atoms with Crippen molar-refractivity contribution in [1.29, 1.82) is 0 Å². The fourth-order valence-corrected chi connectivity index (χ4v) is 2.88. The van der Waals surface area contributed by atoms with Gasteiger partial charge in [-0.3, -0.25) is 9.59 Å². The lowest BCUT2D eigenvalue weighted by Crippen LogP contribution is -2.27. The predicted octanol–water partition coefficient (Wildman–Crippen LogP) is 2.59. The molecule has 0 saturated heterocycles. The molecule has 1 heterocycles. The molecule has 0 aliphatic heterocycles. The first kappa shape index (κ1) is 20.1. The number of rotatable bonds is 8. The van der Waals surface area contributed by atoms with Crippen LogP contribution in [0.5, 0.6) is 11.5 Å². The summed E-state index contributed by atoms with van der Waals surface area (Å²) in [6.07, 6.45) is 1.09. The summed E-state index contributed by atoms with van der Waals surface area (Å²) in [5.74, 6) is -0.245. The Morgan fingerprint density at radius 2 is 1.86 bits per heavy atom. The summed E-state index contributed by atoms with van der Waals surface area (Å²) in [7, 11) is 0. The van der Waals surface area contributed by atoms with E-state index in [0.717, 1.165) is 11.1 Å². The number of benzene rings is 2. The van der Waals surface area contributed by atoms with Crippen LogP contribution in [-0.4, -0.2) is 27.6 Å². The second kappa shape index (κ2) is 9.54. The summed E-state index contributed by atoms with van der Waals surface area (Å²) in [5, 5.41) is 12.7. The first-order chi connectivity index (χ1) is 14.1. The zero-order valence-electron chi connectivity index (χ0n) is 16.1. The van der Waals surface area contributed by atoms with E-state index in [-0.39, 0.29) is 12.2 Å². The van der Waals surface area contributed by atoms with Gasteiger partial charge in [-0.1, -0.05) is 42.5 Å². The number of nitrogens with zero attached hydrogens (tertiary/aromatic N) is 1. The Bertz CT molecular complexity index is 1030. The number of carbonyl (C=O) groups excluding carboxylic acids is 1. The van der Waals surface area contributed by atoms with Crippen molar-refractivity contribution in [2.45, 2.75) is 26.3 Å². The molecule has 7 heteroatoms. The minimum Gasteiger partial charge on any atom is -0.501 e. The van der Waals surface area contributed by atoms with Gasteiger partial charge in [0, 0.05) is 13.0 Å². The molecule has 1 amide bonds. The van der Waals surface area contributed by atoms with Crippen molar-refractivity contribution in [3.8, 4) is 11.5 Å².